The van der Waals surface area contributed by atoms with E-state index in [-0.39, 0.29) is 5.69 Å². The molecule has 1 aliphatic carbocycles. The van der Waals surface area contributed by atoms with E-state index in [2.05, 4.69) is 23.2 Å². The summed E-state index contributed by atoms with van der Waals surface area (Å²) in [7, 11) is 0. The van der Waals surface area contributed by atoms with E-state index in [1.54, 1.807) is 6.20 Å². The van der Waals surface area contributed by atoms with E-state index in [1.807, 2.05) is 9.78 Å². The monoisotopic (exact) mass is 284 g/mol. The Labute approximate surface area is 119 Å². The third-order valence-corrected chi connectivity index (χ3v) is 4.66. The molecule has 1 N–H and O–H groups in total. The van der Waals surface area contributed by atoms with Crippen LogP contribution in [0.2, 0.25) is 0 Å². The van der Waals surface area contributed by atoms with Crippen molar-refractivity contribution in [2.24, 2.45) is 0 Å². The van der Waals surface area contributed by atoms with Crippen LogP contribution in [0.4, 0.5) is 0 Å². The molecule has 0 unspecified atom stereocenters. The van der Waals surface area contributed by atoms with Crippen LogP contribution in [0.15, 0.2) is 29.8 Å². The largest absolute Gasteiger partial charge is 0.476 e. The van der Waals surface area contributed by atoms with Gasteiger partial charge in [-0.25, -0.2) is 9.78 Å². The number of aromatic nitrogens is 2. The summed E-state index contributed by atoms with van der Waals surface area (Å²) in [5.41, 5.74) is 5.10. The average molecular weight is 284 g/mol. The maximum absolute atomic E-state index is 11.0. The molecule has 0 bridgehead atoms. The van der Waals surface area contributed by atoms with Gasteiger partial charge in [0.2, 0.25) is 0 Å². The number of aromatic carboxylic acids is 1. The number of carboxylic acid groups (broad SMARTS) is 1. The lowest BCUT2D eigenvalue weighted by molar-refractivity contribution is 0.0691. The van der Waals surface area contributed by atoms with Gasteiger partial charge in [-0.05, 0) is 42.0 Å². The van der Waals surface area contributed by atoms with Crippen LogP contribution in [0, 0.1) is 0 Å². The Balaban J connectivity index is 1.87. The van der Waals surface area contributed by atoms with Gasteiger partial charge in [0.15, 0.2) is 10.7 Å². The Bertz CT molecular complexity index is 832. The van der Waals surface area contributed by atoms with Crippen LogP contribution in [-0.4, -0.2) is 20.5 Å². The first kappa shape index (κ1) is 11.7. The third-order valence-electron chi connectivity index (χ3n) is 3.82. The molecule has 100 valence electrons. The van der Waals surface area contributed by atoms with Gasteiger partial charge in [-0.2, -0.15) is 0 Å². The Kier molecular flexibility index (Phi) is 2.44. The van der Waals surface area contributed by atoms with Crippen LogP contribution in [0.25, 0.3) is 16.2 Å². The van der Waals surface area contributed by atoms with E-state index in [4.69, 9.17) is 5.11 Å². The summed E-state index contributed by atoms with van der Waals surface area (Å²) in [5.74, 6) is -0.985. The molecular weight excluding hydrogens is 272 g/mol. The van der Waals surface area contributed by atoms with Gasteiger partial charge in [0.25, 0.3) is 0 Å². The van der Waals surface area contributed by atoms with E-state index < -0.39 is 5.97 Å². The second-order valence-electron chi connectivity index (χ2n) is 5.04. The number of hydrogen-bond donors (Lipinski definition) is 1. The summed E-state index contributed by atoms with van der Waals surface area (Å²) in [4.78, 5) is 15.8. The molecule has 5 heteroatoms. The third kappa shape index (κ3) is 1.67. The maximum atomic E-state index is 11.0. The van der Waals surface area contributed by atoms with Gasteiger partial charge < -0.3 is 5.11 Å². The standard InChI is InChI=1S/C15H12N2O2S/c18-14(19)12-7-17-13(8-20-15(17)16-12)11-5-4-9-2-1-3-10(9)6-11/h4-8H,1-3H2,(H,18,19). The summed E-state index contributed by atoms with van der Waals surface area (Å²) in [5, 5.41) is 11.1. The van der Waals surface area contributed by atoms with E-state index in [0.29, 0.717) is 0 Å². The van der Waals surface area contributed by atoms with Crippen molar-refractivity contribution >= 4 is 22.3 Å². The number of benzene rings is 1. The highest BCUT2D eigenvalue weighted by Gasteiger charge is 2.16. The number of carbonyl (C=O) groups is 1. The molecule has 2 aromatic heterocycles. The highest BCUT2D eigenvalue weighted by atomic mass is 32.1. The Hall–Kier alpha value is -2.14. The number of hydrogen-bond acceptors (Lipinski definition) is 3. The smallest absolute Gasteiger partial charge is 0.356 e. The van der Waals surface area contributed by atoms with Crippen molar-refractivity contribution in [2.45, 2.75) is 19.3 Å². The topological polar surface area (TPSA) is 54.6 Å². The summed E-state index contributed by atoms with van der Waals surface area (Å²) in [6, 6.07) is 6.53. The molecule has 0 saturated carbocycles. The van der Waals surface area contributed by atoms with Crippen molar-refractivity contribution in [3.05, 3.63) is 46.6 Å². The van der Waals surface area contributed by atoms with E-state index in [0.717, 1.165) is 22.6 Å². The first-order valence-corrected chi connectivity index (χ1v) is 7.42. The lowest BCUT2D eigenvalue weighted by Gasteiger charge is -2.04. The lowest BCUT2D eigenvalue weighted by atomic mass is 10.0. The predicted molar refractivity (Wildman–Crippen MR) is 77.5 cm³/mol. The molecule has 4 rings (SSSR count). The first-order valence-electron chi connectivity index (χ1n) is 6.54. The fourth-order valence-corrected chi connectivity index (χ4v) is 3.71. The minimum Gasteiger partial charge on any atom is -0.476 e. The molecule has 2 heterocycles. The van der Waals surface area contributed by atoms with Gasteiger partial charge in [0.1, 0.15) is 0 Å². The minimum absolute atomic E-state index is 0.0965. The van der Waals surface area contributed by atoms with Crippen LogP contribution < -0.4 is 0 Å². The molecular formula is C15H12N2O2S. The zero-order chi connectivity index (χ0) is 13.7. The van der Waals surface area contributed by atoms with Crippen LogP contribution >= 0.6 is 11.3 Å². The molecule has 1 aliphatic rings. The molecule has 0 aliphatic heterocycles. The number of aryl methyl sites for hydroxylation is 2. The molecule has 0 amide bonds. The predicted octanol–water partition coefficient (Wildman–Crippen LogP) is 3.25. The SMILES string of the molecule is O=C(O)c1cn2c(-c3ccc4c(c3)CCC4)csc2n1. The van der Waals surface area contributed by atoms with Gasteiger partial charge in [0, 0.05) is 11.6 Å². The number of fused-ring (bicyclic) bond motifs is 2. The highest BCUT2D eigenvalue weighted by Crippen LogP contribution is 2.30. The first-order chi connectivity index (χ1) is 9.72. The zero-order valence-electron chi connectivity index (χ0n) is 10.7. The molecule has 20 heavy (non-hydrogen) atoms. The summed E-state index contributed by atoms with van der Waals surface area (Å²) < 4.78 is 1.87. The molecule has 0 atom stereocenters. The second kappa shape index (κ2) is 4.18. The summed E-state index contributed by atoms with van der Waals surface area (Å²) in [6.45, 7) is 0. The average Bonchev–Trinajstić information content (AvgIpc) is 3.12. The van der Waals surface area contributed by atoms with Crippen LogP contribution in [0.1, 0.15) is 28.0 Å². The van der Waals surface area contributed by atoms with Crippen molar-refractivity contribution in [3.8, 4) is 11.3 Å². The highest BCUT2D eigenvalue weighted by molar-refractivity contribution is 7.15. The van der Waals surface area contributed by atoms with Gasteiger partial charge in [-0.15, -0.1) is 11.3 Å². The fraction of sp³-hybridized carbons (Fsp3) is 0.200. The Morgan fingerprint density at radius 2 is 2.15 bits per heavy atom. The van der Waals surface area contributed by atoms with Crippen LogP contribution in [-0.2, 0) is 12.8 Å². The number of nitrogens with zero attached hydrogens (tertiary/aromatic N) is 2. The second-order valence-corrected chi connectivity index (χ2v) is 5.88. The maximum Gasteiger partial charge on any atom is 0.356 e. The number of rotatable bonds is 2. The van der Waals surface area contributed by atoms with Crippen molar-refractivity contribution in [3.63, 3.8) is 0 Å². The zero-order valence-corrected chi connectivity index (χ0v) is 11.5. The molecule has 0 fully saturated rings. The van der Waals surface area contributed by atoms with Crippen molar-refractivity contribution in [2.75, 3.05) is 0 Å². The van der Waals surface area contributed by atoms with Gasteiger partial charge >= 0.3 is 5.97 Å². The normalized spacial score (nSPS) is 13.8. The van der Waals surface area contributed by atoms with E-state index in [9.17, 15) is 4.79 Å². The summed E-state index contributed by atoms with van der Waals surface area (Å²) in [6.07, 6.45) is 5.13. The lowest BCUT2D eigenvalue weighted by Crippen LogP contribution is -1.95. The fourth-order valence-electron chi connectivity index (χ4n) is 2.83. The Morgan fingerprint density at radius 3 is 3.00 bits per heavy atom. The molecule has 4 nitrogen and oxygen atoms in total. The van der Waals surface area contributed by atoms with Crippen molar-refractivity contribution < 1.29 is 9.90 Å². The number of imidazole rings is 1. The van der Waals surface area contributed by atoms with Gasteiger partial charge in [-0.1, -0.05) is 12.1 Å². The van der Waals surface area contributed by atoms with Crippen molar-refractivity contribution in [1.29, 1.82) is 0 Å². The summed E-state index contributed by atoms with van der Waals surface area (Å²) >= 11 is 1.47. The molecule has 1 aromatic carbocycles. The molecule has 0 saturated heterocycles. The number of thiazole rings is 1. The van der Waals surface area contributed by atoms with E-state index >= 15 is 0 Å². The molecule has 3 aromatic rings. The Morgan fingerprint density at radius 1 is 1.30 bits per heavy atom. The minimum atomic E-state index is -0.985. The quantitative estimate of drug-likeness (QED) is 0.786. The number of carboxylic acids is 1. The van der Waals surface area contributed by atoms with Crippen LogP contribution in [0.5, 0.6) is 0 Å². The van der Waals surface area contributed by atoms with Gasteiger partial charge in [0.05, 0.1) is 5.69 Å². The van der Waals surface area contributed by atoms with Crippen molar-refractivity contribution in [1.82, 2.24) is 9.38 Å². The van der Waals surface area contributed by atoms with E-state index in [1.165, 1.54) is 35.3 Å². The molecule has 0 radical (unpaired) electrons. The van der Waals surface area contributed by atoms with Crippen LogP contribution in [0.3, 0.4) is 0 Å². The molecule has 0 spiro atoms. The van der Waals surface area contributed by atoms with Gasteiger partial charge in [-0.3, -0.25) is 4.40 Å².